The molecule has 0 aliphatic carbocycles. The number of rotatable bonds is 6. The molecule has 0 saturated carbocycles. The van der Waals surface area contributed by atoms with Gasteiger partial charge in [-0.1, -0.05) is 0 Å². The number of hydrogen-bond donors (Lipinski definition) is 3. The van der Waals surface area contributed by atoms with E-state index < -0.39 is 25.1 Å². The molecule has 3 N–H and O–H groups in total. The van der Waals surface area contributed by atoms with Crippen molar-refractivity contribution in [2.45, 2.75) is 18.5 Å². The number of carbonyl (C=O) groups excluding carboxylic acids is 1. The summed E-state index contributed by atoms with van der Waals surface area (Å²) < 4.78 is 4.56. The maximum atomic E-state index is 9.96. The summed E-state index contributed by atoms with van der Waals surface area (Å²) in [7, 11) is 1.44. The fourth-order valence-corrected chi connectivity index (χ4v) is 0.691. The molecule has 0 aliphatic heterocycles. The third-order valence-corrected chi connectivity index (χ3v) is 1.29. The van der Waals surface area contributed by atoms with Gasteiger partial charge in [0.25, 0.3) is 0 Å². The quantitative estimate of drug-likeness (QED) is 0.255. The Morgan fingerprint density at radius 1 is 1.54 bits per heavy atom. The number of nitrogens with zero attached hydrogens (tertiary/aromatic N) is 1. The molecule has 0 spiro atoms. The molecular weight excluding hydrogens is 178 g/mol. The number of aliphatic hydroxyl groups is 3. The Labute approximate surface area is 75.5 Å². The van der Waals surface area contributed by atoms with Crippen LogP contribution in [0.2, 0.25) is 0 Å². The van der Waals surface area contributed by atoms with Crippen LogP contribution in [-0.4, -0.2) is 60.0 Å². The van der Waals surface area contributed by atoms with Gasteiger partial charge in [-0.05, 0) is 0 Å². The second kappa shape index (κ2) is 6.67. The van der Waals surface area contributed by atoms with Crippen LogP contribution in [0.25, 0.3) is 0 Å². The summed E-state index contributed by atoms with van der Waals surface area (Å²) in [6, 6.07) is 0. The van der Waals surface area contributed by atoms with E-state index in [0.717, 1.165) is 6.21 Å². The molecule has 3 atom stereocenters. The molecular formula is C7H13NO5. The van der Waals surface area contributed by atoms with Gasteiger partial charge in [0.1, 0.15) is 12.2 Å². The molecule has 0 heterocycles. The molecule has 0 aliphatic rings. The lowest BCUT2D eigenvalue weighted by Crippen LogP contribution is -2.37. The summed E-state index contributed by atoms with van der Waals surface area (Å²) in [5, 5.41) is 26.6. The summed E-state index contributed by atoms with van der Waals surface area (Å²) >= 11 is 0. The van der Waals surface area contributed by atoms with Crippen LogP contribution < -0.4 is 0 Å². The van der Waals surface area contributed by atoms with Gasteiger partial charge >= 0.3 is 0 Å². The molecule has 0 amide bonds. The molecule has 13 heavy (non-hydrogen) atoms. The van der Waals surface area contributed by atoms with Gasteiger partial charge in [0, 0.05) is 13.3 Å². The summed E-state index contributed by atoms with van der Waals surface area (Å²) in [5.41, 5.74) is 0. The average molecular weight is 191 g/mol. The Balaban J connectivity index is 4.08. The highest BCUT2D eigenvalue weighted by atomic mass is 16.6. The molecule has 3 unspecified atom stereocenters. The minimum Gasteiger partial charge on any atom is -0.394 e. The van der Waals surface area contributed by atoms with E-state index in [1.807, 2.05) is 0 Å². The van der Waals surface area contributed by atoms with Crippen LogP contribution in [0.4, 0.5) is 0 Å². The molecule has 0 bridgehead atoms. The molecule has 6 nitrogen and oxygen atoms in total. The van der Waals surface area contributed by atoms with Crippen molar-refractivity contribution in [2.24, 2.45) is 4.99 Å². The van der Waals surface area contributed by atoms with E-state index in [2.05, 4.69) is 9.73 Å². The minimum absolute atomic E-state index is 0.151. The number of aldehydes is 1. The van der Waals surface area contributed by atoms with Crippen LogP contribution in [0.15, 0.2) is 4.99 Å². The highest BCUT2D eigenvalue weighted by molar-refractivity contribution is 5.63. The largest absolute Gasteiger partial charge is 0.394 e. The Kier molecular flexibility index (Phi) is 6.25. The Morgan fingerprint density at radius 3 is 2.54 bits per heavy atom. The average Bonchev–Trinajstić information content (AvgIpc) is 2.14. The van der Waals surface area contributed by atoms with Crippen molar-refractivity contribution in [3.05, 3.63) is 0 Å². The lowest BCUT2D eigenvalue weighted by Gasteiger charge is -2.19. The molecule has 0 aromatic rings. The van der Waals surface area contributed by atoms with Crippen molar-refractivity contribution in [3.8, 4) is 0 Å². The zero-order valence-corrected chi connectivity index (χ0v) is 7.20. The van der Waals surface area contributed by atoms with Crippen molar-refractivity contribution in [3.63, 3.8) is 0 Å². The molecule has 0 fully saturated rings. The zero-order chi connectivity index (χ0) is 10.3. The molecule has 6 heteroatoms. The first-order chi connectivity index (χ1) is 6.15. The second-order valence-electron chi connectivity index (χ2n) is 2.28. The van der Waals surface area contributed by atoms with Crippen molar-refractivity contribution in [1.82, 2.24) is 0 Å². The van der Waals surface area contributed by atoms with E-state index in [4.69, 9.17) is 10.2 Å². The van der Waals surface area contributed by atoms with Gasteiger partial charge in [-0.3, -0.25) is 9.79 Å². The minimum atomic E-state index is -1.64. The highest BCUT2D eigenvalue weighted by Gasteiger charge is 2.20. The van der Waals surface area contributed by atoms with Gasteiger partial charge in [0.15, 0.2) is 6.29 Å². The van der Waals surface area contributed by atoms with Gasteiger partial charge in [0.05, 0.1) is 6.61 Å². The smallest absolute Gasteiger partial charge is 0.212 e. The monoisotopic (exact) mass is 191 g/mol. The van der Waals surface area contributed by atoms with E-state index in [0.29, 0.717) is 0 Å². The fraction of sp³-hybridized carbons (Fsp3) is 0.714. The van der Waals surface area contributed by atoms with Crippen LogP contribution in [0.1, 0.15) is 0 Å². The first-order valence-corrected chi connectivity index (χ1v) is 3.65. The Bertz CT molecular complexity index is 172. The zero-order valence-electron chi connectivity index (χ0n) is 7.20. The van der Waals surface area contributed by atoms with Crippen molar-refractivity contribution < 1.29 is 24.9 Å². The van der Waals surface area contributed by atoms with Gasteiger partial charge < -0.3 is 20.1 Å². The van der Waals surface area contributed by atoms with E-state index in [1.165, 1.54) is 7.05 Å². The van der Waals surface area contributed by atoms with E-state index >= 15 is 0 Å². The summed E-state index contributed by atoms with van der Waals surface area (Å²) in [5.74, 6) is 0. The SMILES string of the molecule is CN=CC(O)C(CO)OC(O)C=O. The maximum Gasteiger partial charge on any atom is 0.212 e. The highest BCUT2D eigenvalue weighted by Crippen LogP contribution is 1.99. The van der Waals surface area contributed by atoms with Crippen molar-refractivity contribution in [2.75, 3.05) is 13.7 Å². The summed E-state index contributed by atoms with van der Waals surface area (Å²) in [6.07, 6.45) is -2.55. The van der Waals surface area contributed by atoms with Crippen LogP contribution in [0.5, 0.6) is 0 Å². The summed E-state index contributed by atoms with van der Waals surface area (Å²) in [6.45, 7) is -0.516. The van der Waals surface area contributed by atoms with Gasteiger partial charge in [-0.15, -0.1) is 0 Å². The van der Waals surface area contributed by atoms with Crippen LogP contribution in [0, 0.1) is 0 Å². The normalized spacial score (nSPS) is 18.5. The lowest BCUT2D eigenvalue weighted by atomic mass is 10.2. The molecule has 0 rings (SSSR count). The molecule has 76 valence electrons. The summed E-state index contributed by atoms with van der Waals surface area (Å²) in [4.78, 5) is 13.5. The number of aliphatic hydroxyl groups excluding tert-OH is 3. The molecule has 0 aromatic heterocycles. The van der Waals surface area contributed by atoms with Gasteiger partial charge in [0.2, 0.25) is 6.29 Å². The van der Waals surface area contributed by atoms with E-state index in [9.17, 15) is 9.90 Å². The second-order valence-corrected chi connectivity index (χ2v) is 2.28. The lowest BCUT2D eigenvalue weighted by molar-refractivity contribution is -0.168. The third kappa shape index (κ3) is 4.69. The van der Waals surface area contributed by atoms with E-state index in [1.54, 1.807) is 0 Å². The van der Waals surface area contributed by atoms with Crippen molar-refractivity contribution >= 4 is 12.5 Å². The first kappa shape index (κ1) is 12.2. The maximum absolute atomic E-state index is 9.96. The number of ether oxygens (including phenoxy) is 1. The predicted octanol–water partition coefficient (Wildman–Crippen LogP) is -2.06. The van der Waals surface area contributed by atoms with Crippen LogP contribution >= 0.6 is 0 Å². The standard InChI is InChI=1S/C7H13NO5/c1-8-2-5(11)6(3-9)13-7(12)4-10/h2,4-7,9,11-12H,3H2,1H3. The number of aliphatic imine (C=N–C) groups is 1. The van der Waals surface area contributed by atoms with E-state index in [-0.39, 0.29) is 6.29 Å². The number of hydrogen-bond acceptors (Lipinski definition) is 6. The molecule has 0 saturated heterocycles. The first-order valence-electron chi connectivity index (χ1n) is 3.65. The third-order valence-electron chi connectivity index (χ3n) is 1.29. The Hall–Kier alpha value is -0.820. The fourth-order valence-electron chi connectivity index (χ4n) is 0.691. The van der Waals surface area contributed by atoms with Gasteiger partial charge in [-0.25, -0.2) is 0 Å². The van der Waals surface area contributed by atoms with Crippen molar-refractivity contribution in [1.29, 1.82) is 0 Å². The molecule has 0 aromatic carbocycles. The van der Waals surface area contributed by atoms with Gasteiger partial charge in [-0.2, -0.15) is 0 Å². The Morgan fingerprint density at radius 2 is 2.15 bits per heavy atom. The number of carbonyl (C=O) groups is 1. The predicted molar refractivity (Wildman–Crippen MR) is 44.5 cm³/mol. The topological polar surface area (TPSA) is 99.4 Å². The van der Waals surface area contributed by atoms with Crippen LogP contribution in [0.3, 0.4) is 0 Å². The molecule has 0 radical (unpaired) electrons. The van der Waals surface area contributed by atoms with Crippen LogP contribution in [-0.2, 0) is 9.53 Å².